The molecule has 1 saturated carbocycles. The van der Waals surface area contributed by atoms with E-state index in [1.54, 1.807) is 12.1 Å². The molecule has 1 aromatic carbocycles. The van der Waals surface area contributed by atoms with Crippen molar-refractivity contribution in [3.05, 3.63) is 58.0 Å². The van der Waals surface area contributed by atoms with E-state index in [2.05, 4.69) is 0 Å². The van der Waals surface area contributed by atoms with E-state index in [0.29, 0.717) is 38.5 Å². The van der Waals surface area contributed by atoms with E-state index >= 15 is 0 Å². The quantitative estimate of drug-likeness (QED) is 0.781. The Kier molecular flexibility index (Phi) is 5.25. The standard InChI is InChI=1S/C21H23FN2O2S/c22-17-5-3-15(4-6-17)14-24(18-7-8-18)20(25)16-9-11-23(12-10-16)21(26)19-2-1-13-27-19/h1-6,13,16,18H,7-12,14H2. The molecule has 0 unspecified atom stereocenters. The van der Waals surface area contributed by atoms with E-state index in [1.165, 1.54) is 23.5 Å². The van der Waals surface area contributed by atoms with E-state index in [-0.39, 0.29) is 23.5 Å². The number of benzene rings is 1. The van der Waals surface area contributed by atoms with Crippen LogP contribution in [0.5, 0.6) is 0 Å². The van der Waals surface area contributed by atoms with Gasteiger partial charge >= 0.3 is 0 Å². The van der Waals surface area contributed by atoms with Crippen LogP contribution in [-0.2, 0) is 11.3 Å². The zero-order valence-corrected chi connectivity index (χ0v) is 16.0. The number of thiophene rings is 1. The summed E-state index contributed by atoms with van der Waals surface area (Å²) in [6, 6.07) is 10.4. The molecule has 6 heteroatoms. The number of hydrogen-bond donors (Lipinski definition) is 0. The number of carbonyl (C=O) groups excluding carboxylic acids is 2. The van der Waals surface area contributed by atoms with Crippen LogP contribution in [0, 0.1) is 11.7 Å². The third-order valence-electron chi connectivity index (χ3n) is 5.40. The Hall–Kier alpha value is -2.21. The summed E-state index contributed by atoms with van der Waals surface area (Å²) in [5, 5.41) is 1.91. The van der Waals surface area contributed by atoms with Gasteiger partial charge in [0.1, 0.15) is 5.82 Å². The molecule has 0 N–H and O–H groups in total. The summed E-state index contributed by atoms with van der Waals surface area (Å²) in [5.74, 6) is -0.0319. The topological polar surface area (TPSA) is 40.6 Å². The summed E-state index contributed by atoms with van der Waals surface area (Å²) in [7, 11) is 0. The van der Waals surface area contributed by atoms with Gasteiger partial charge < -0.3 is 9.80 Å². The van der Waals surface area contributed by atoms with Gasteiger partial charge in [0.15, 0.2) is 0 Å². The molecule has 1 aromatic heterocycles. The Balaban J connectivity index is 1.37. The first-order chi connectivity index (χ1) is 13.1. The molecule has 2 heterocycles. The van der Waals surface area contributed by atoms with Crippen molar-refractivity contribution in [1.29, 1.82) is 0 Å². The molecular formula is C21H23FN2O2S. The van der Waals surface area contributed by atoms with Crippen molar-refractivity contribution in [2.75, 3.05) is 13.1 Å². The Morgan fingerprint density at radius 2 is 1.78 bits per heavy atom. The Bertz CT molecular complexity index is 794. The molecule has 1 aliphatic carbocycles. The van der Waals surface area contributed by atoms with Gasteiger partial charge in [-0.1, -0.05) is 18.2 Å². The minimum absolute atomic E-state index is 0.0292. The molecule has 0 bridgehead atoms. The van der Waals surface area contributed by atoms with Crippen molar-refractivity contribution in [2.24, 2.45) is 5.92 Å². The van der Waals surface area contributed by atoms with E-state index in [9.17, 15) is 14.0 Å². The number of halogens is 1. The molecule has 142 valence electrons. The first-order valence-electron chi connectivity index (χ1n) is 9.49. The number of piperidine rings is 1. The maximum absolute atomic E-state index is 13.1. The highest BCUT2D eigenvalue weighted by molar-refractivity contribution is 7.12. The SMILES string of the molecule is O=C(c1cccs1)N1CCC(C(=O)N(Cc2ccc(F)cc2)C2CC2)CC1. The first-order valence-corrected chi connectivity index (χ1v) is 10.4. The molecule has 2 aromatic rings. The molecule has 2 aliphatic rings. The average Bonchev–Trinajstić information content (AvgIpc) is 3.39. The summed E-state index contributed by atoms with van der Waals surface area (Å²) in [4.78, 5) is 30.2. The maximum atomic E-state index is 13.1. The van der Waals surface area contributed by atoms with Crippen LogP contribution in [0.1, 0.15) is 40.9 Å². The Labute approximate surface area is 162 Å². The van der Waals surface area contributed by atoms with Crippen molar-refractivity contribution < 1.29 is 14.0 Å². The van der Waals surface area contributed by atoms with Crippen LogP contribution in [0.25, 0.3) is 0 Å². The van der Waals surface area contributed by atoms with Gasteiger partial charge in [0.25, 0.3) is 5.91 Å². The second-order valence-electron chi connectivity index (χ2n) is 7.37. The summed E-state index contributed by atoms with van der Waals surface area (Å²) in [6.45, 7) is 1.79. The maximum Gasteiger partial charge on any atom is 0.263 e. The molecular weight excluding hydrogens is 363 g/mol. The molecule has 2 amide bonds. The highest BCUT2D eigenvalue weighted by atomic mass is 32.1. The van der Waals surface area contributed by atoms with Crippen LogP contribution < -0.4 is 0 Å². The highest BCUT2D eigenvalue weighted by Crippen LogP contribution is 2.32. The lowest BCUT2D eigenvalue weighted by molar-refractivity contribution is -0.138. The van der Waals surface area contributed by atoms with Crippen molar-refractivity contribution >= 4 is 23.2 Å². The third-order valence-corrected chi connectivity index (χ3v) is 6.26. The first kappa shape index (κ1) is 18.2. The van der Waals surface area contributed by atoms with E-state index < -0.39 is 0 Å². The van der Waals surface area contributed by atoms with E-state index in [1.807, 2.05) is 27.3 Å². The Morgan fingerprint density at radius 3 is 2.37 bits per heavy atom. The fraction of sp³-hybridized carbons (Fsp3) is 0.429. The van der Waals surface area contributed by atoms with Crippen molar-refractivity contribution in [2.45, 2.75) is 38.3 Å². The normalized spacial score (nSPS) is 17.7. The smallest absolute Gasteiger partial charge is 0.263 e. The van der Waals surface area contributed by atoms with Gasteiger partial charge in [0.2, 0.25) is 5.91 Å². The van der Waals surface area contributed by atoms with Gasteiger partial charge in [0, 0.05) is 31.6 Å². The molecule has 0 spiro atoms. The number of amides is 2. The van der Waals surface area contributed by atoms with Crippen molar-refractivity contribution in [3.8, 4) is 0 Å². The molecule has 1 saturated heterocycles. The van der Waals surface area contributed by atoms with Crippen LogP contribution >= 0.6 is 11.3 Å². The number of hydrogen-bond acceptors (Lipinski definition) is 3. The fourth-order valence-corrected chi connectivity index (χ4v) is 4.37. The fourth-order valence-electron chi connectivity index (χ4n) is 3.68. The second kappa shape index (κ2) is 7.80. The zero-order valence-electron chi connectivity index (χ0n) is 15.1. The van der Waals surface area contributed by atoms with Crippen LogP contribution in [0.2, 0.25) is 0 Å². The molecule has 1 aliphatic heterocycles. The van der Waals surface area contributed by atoms with Crippen LogP contribution in [0.15, 0.2) is 41.8 Å². The number of nitrogens with zero attached hydrogens (tertiary/aromatic N) is 2. The summed E-state index contributed by atoms with van der Waals surface area (Å²) in [5.41, 5.74) is 0.960. The molecule has 2 fully saturated rings. The molecule has 27 heavy (non-hydrogen) atoms. The number of likely N-dealkylation sites (tertiary alicyclic amines) is 1. The molecule has 0 radical (unpaired) electrons. The van der Waals surface area contributed by atoms with Crippen LogP contribution in [0.3, 0.4) is 0 Å². The summed E-state index contributed by atoms with van der Waals surface area (Å²) >= 11 is 1.46. The van der Waals surface area contributed by atoms with Gasteiger partial charge in [-0.2, -0.15) is 0 Å². The third kappa shape index (κ3) is 4.21. The van der Waals surface area contributed by atoms with Crippen molar-refractivity contribution in [3.63, 3.8) is 0 Å². The molecule has 0 atom stereocenters. The lowest BCUT2D eigenvalue weighted by atomic mass is 9.94. The van der Waals surface area contributed by atoms with Gasteiger partial charge in [-0.05, 0) is 54.8 Å². The van der Waals surface area contributed by atoms with Gasteiger partial charge in [-0.25, -0.2) is 4.39 Å². The Morgan fingerprint density at radius 1 is 1.07 bits per heavy atom. The minimum Gasteiger partial charge on any atom is -0.338 e. The molecule has 4 nitrogen and oxygen atoms in total. The lowest BCUT2D eigenvalue weighted by Gasteiger charge is -2.34. The van der Waals surface area contributed by atoms with Crippen LogP contribution in [-0.4, -0.2) is 40.7 Å². The number of rotatable bonds is 5. The summed E-state index contributed by atoms with van der Waals surface area (Å²) in [6.07, 6.45) is 3.51. The van der Waals surface area contributed by atoms with Crippen molar-refractivity contribution in [1.82, 2.24) is 9.80 Å². The van der Waals surface area contributed by atoms with E-state index in [4.69, 9.17) is 0 Å². The second-order valence-corrected chi connectivity index (χ2v) is 8.32. The molecule has 4 rings (SSSR count). The summed E-state index contributed by atoms with van der Waals surface area (Å²) < 4.78 is 13.1. The predicted molar refractivity (Wildman–Crippen MR) is 103 cm³/mol. The van der Waals surface area contributed by atoms with Gasteiger partial charge in [0.05, 0.1) is 4.88 Å². The monoisotopic (exact) mass is 386 g/mol. The predicted octanol–water partition coefficient (Wildman–Crippen LogP) is 3.93. The zero-order chi connectivity index (χ0) is 18.8. The van der Waals surface area contributed by atoms with Crippen LogP contribution in [0.4, 0.5) is 4.39 Å². The average molecular weight is 386 g/mol. The van der Waals surface area contributed by atoms with Gasteiger partial charge in [-0.3, -0.25) is 9.59 Å². The largest absolute Gasteiger partial charge is 0.338 e. The minimum atomic E-state index is -0.258. The van der Waals surface area contributed by atoms with E-state index in [0.717, 1.165) is 23.3 Å². The highest BCUT2D eigenvalue weighted by Gasteiger charge is 2.37. The number of carbonyl (C=O) groups is 2. The lowest BCUT2D eigenvalue weighted by Crippen LogP contribution is -2.44. The van der Waals surface area contributed by atoms with Gasteiger partial charge in [-0.15, -0.1) is 11.3 Å².